The summed E-state index contributed by atoms with van der Waals surface area (Å²) in [6.07, 6.45) is -1.97. The number of ether oxygens (including phenoxy) is 4. The fourth-order valence-electron chi connectivity index (χ4n) is 2.96. The van der Waals surface area contributed by atoms with Crippen molar-refractivity contribution in [3.05, 3.63) is 47.0 Å². The first kappa shape index (κ1) is 18.5. The molecule has 0 saturated carbocycles. The van der Waals surface area contributed by atoms with Crippen LogP contribution in [0.25, 0.3) is 0 Å². The van der Waals surface area contributed by atoms with Crippen molar-refractivity contribution in [2.45, 2.75) is 50.8 Å². The van der Waals surface area contributed by atoms with Crippen LogP contribution in [0, 0.1) is 0 Å². The third-order valence-corrected chi connectivity index (χ3v) is 4.47. The summed E-state index contributed by atoms with van der Waals surface area (Å²) in [7, 11) is 0. The molecule has 136 valence electrons. The van der Waals surface area contributed by atoms with E-state index in [4.69, 9.17) is 30.5 Å². The van der Waals surface area contributed by atoms with Crippen LogP contribution in [0.1, 0.15) is 29.8 Å². The van der Waals surface area contributed by atoms with E-state index >= 15 is 0 Å². The summed E-state index contributed by atoms with van der Waals surface area (Å²) in [4.78, 5) is 12.7. The van der Waals surface area contributed by atoms with Crippen LogP contribution in [0.3, 0.4) is 0 Å². The smallest absolute Gasteiger partial charge is 0.194 e. The second-order valence-electron chi connectivity index (χ2n) is 6.49. The van der Waals surface area contributed by atoms with E-state index in [0.29, 0.717) is 22.8 Å². The van der Waals surface area contributed by atoms with E-state index < -0.39 is 30.4 Å². The number of aliphatic hydroxyl groups excluding tert-OH is 1. The highest BCUT2D eigenvalue weighted by atomic mass is 35.5. The van der Waals surface area contributed by atoms with Gasteiger partial charge in [0.2, 0.25) is 0 Å². The van der Waals surface area contributed by atoms with Crippen molar-refractivity contribution in [2.24, 2.45) is 0 Å². The van der Waals surface area contributed by atoms with E-state index in [-0.39, 0.29) is 12.4 Å². The molecule has 25 heavy (non-hydrogen) atoms. The summed E-state index contributed by atoms with van der Waals surface area (Å²) in [6, 6.07) is 4.86. The lowest BCUT2D eigenvalue weighted by Crippen LogP contribution is -2.38. The van der Waals surface area contributed by atoms with Crippen LogP contribution < -0.4 is 0 Å². The van der Waals surface area contributed by atoms with Gasteiger partial charge in [0.15, 0.2) is 24.0 Å². The van der Waals surface area contributed by atoms with E-state index in [1.807, 2.05) is 0 Å². The number of fused-ring (bicyclic) bond motifs is 1. The van der Waals surface area contributed by atoms with Gasteiger partial charge in [0.25, 0.3) is 0 Å². The molecule has 2 unspecified atom stereocenters. The van der Waals surface area contributed by atoms with Gasteiger partial charge < -0.3 is 24.1 Å². The highest BCUT2D eigenvalue weighted by Gasteiger charge is 2.56. The largest absolute Gasteiger partial charge is 0.387 e. The van der Waals surface area contributed by atoms with Gasteiger partial charge in [-0.05, 0) is 37.6 Å². The number of carbonyl (C=O) groups is 1. The molecule has 2 heterocycles. The molecule has 2 aliphatic heterocycles. The average Bonchev–Trinajstić information content (AvgIpc) is 3.02. The molecule has 4 atom stereocenters. The first-order valence-electron chi connectivity index (χ1n) is 8.03. The predicted octanol–water partition coefficient (Wildman–Crippen LogP) is 2.46. The Morgan fingerprint density at radius 1 is 1.44 bits per heavy atom. The van der Waals surface area contributed by atoms with Gasteiger partial charge in [-0.3, -0.25) is 4.79 Å². The summed E-state index contributed by atoms with van der Waals surface area (Å²) in [5, 5.41) is 10.9. The van der Waals surface area contributed by atoms with Crippen molar-refractivity contribution >= 4 is 17.4 Å². The number of rotatable bonds is 6. The van der Waals surface area contributed by atoms with Crippen LogP contribution in [0.2, 0.25) is 5.02 Å². The molecule has 0 spiro atoms. The van der Waals surface area contributed by atoms with Crippen molar-refractivity contribution in [3.8, 4) is 0 Å². The maximum absolute atomic E-state index is 12.7. The normalized spacial score (nSPS) is 30.2. The molecule has 1 aromatic rings. The highest BCUT2D eigenvalue weighted by Crippen LogP contribution is 2.38. The molecule has 0 bridgehead atoms. The Morgan fingerprint density at radius 2 is 2.20 bits per heavy atom. The van der Waals surface area contributed by atoms with Crippen molar-refractivity contribution in [2.75, 3.05) is 6.61 Å². The van der Waals surface area contributed by atoms with E-state index in [0.717, 1.165) is 0 Å². The van der Waals surface area contributed by atoms with Gasteiger partial charge in [0, 0.05) is 10.6 Å². The molecule has 2 saturated heterocycles. The molecular formula is C18H21ClO6. The topological polar surface area (TPSA) is 74.2 Å². The Balaban J connectivity index is 1.73. The molecule has 1 N–H and O–H groups in total. The Morgan fingerprint density at radius 3 is 2.88 bits per heavy atom. The van der Waals surface area contributed by atoms with Gasteiger partial charge in [-0.1, -0.05) is 17.7 Å². The van der Waals surface area contributed by atoms with Gasteiger partial charge in [-0.15, -0.1) is 6.58 Å². The third kappa shape index (κ3) is 3.79. The van der Waals surface area contributed by atoms with Crippen molar-refractivity contribution < 1.29 is 28.8 Å². The molecule has 3 rings (SSSR count). The summed E-state index contributed by atoms with van der Waals surface area (Å²) < 4.78 is 22.1. The van der Waals surface area contributed by atoms with Gasteiger partial charge >= 0.3 is 0 Å². The average molecular weight is 369 g/mol. The standard InChI is InChI=1S/C18H21ClO6/c1-4-7-22-9-11-8-10(5-6-12(11)19)13(20)15-14(21)16-17(23-15)25-18(2,3)24-16/h4-6,8,14-17,21H,1,7,9H2,2-3H3/t14-,15?,16?,17+/m1/s1. The second kappa shape index (κ2) is 7.15. The van der Waals surface area contributed by atoms with E-state index in [1.54, 1.807) is 38.1 Å². The van der Waals surface area contributed by atoms with Crippen molar-refractivity contribution in [1.29, 1.82) is 0 Å². The summed E-state index contributed by atoms with van der Waals surface area (Å²) >= 11 is 6.14. The van der Waals surface area contributed by atoms with Crippen LogP contribution in [0.15, 0.2) is 30.9 Å². The van der Waals surface area contributed by atoms with E-state index in [2.05, 4.69) is 6.58 Å². The van der Waals surface area contributed by atoms with Gasteiger partial charge in [0.05, 0.1) is 13.2 Å². The van der Waals surface area contributed by atoms with Crippen LogP contribution >= 0.6 is 11.6 Å². The molecule has 1 aromatic carbocycles. The molecule has 0 radical (unpaired) electrons. The summed E-state index contributed by atoms with van der Waals surface area (Å²) in [5.74, 6) is -1.20. The number of benzene rings is 1. The number of aliphatic hydroxyl groups is 1. The zero-order valence-corrected chi connectivity index (χ0v) is 14.9. The van der Waals surface area contributed by atoms with Crippen molar-refractivity contribution in [3.63, 3.8) is 0 Å². The van der Waals surface area contributed by atoms with E-state index in [1.165, 1.54) is 0 Å². The summed E-state index contributed by atoms with van der Waals surface area (Å²) in [6.45, 7) is 7.67. The lowest BCUT2D eigenvalue weighted by molar-refractivity contribution is -0.208. The predicted molar refractivity (Wildman–Crippen MR) is 90.3 cm³/mol. The zero-order chi connectivity index (χ0) is 18.2. The first-order valence-corrected chi connectivity index (χ1v) is 8.40. The van der Waals surface area contributed by atoms with Crippen LogP contribution in [-0.2, 0) is 25.6 Å². The van der Waals surface area contributed by atoms with Gasteiger partial charge in [0.1, 0.15) is 12.2 Å². The quantitative estimate of drug-likeness (QED) is 0.472. The molecule has 0 aliphatic carbocycles. The fraction of sp³-hybridized carbons (Fsp3) is 0.500. The highest BCUT2D eigenvalue weighted by molar-refractivity contribution is 6.31. The number of ketones is 1. The minimum Gasteiger partial charge on any atom is -0.387 e. The minimum atomic E-state index is -1.10. The van der Waals surface area contributed by atoms with Crippen LogP contribution in [0.4, 0.5) is 0 Å². The lowest BCUT2D eigenvalue weighted by atomic mass is 9.99. The second-order valence-corrected chi connectivity index (χ2v) is 6.90. The maximum Gasteiger partial charge on any atom is 0.194 e. The number of carbonyl (C=O) groups excluding carboxylic acids is 1. The minimum absolute atomic E-state index is 0.256. The Hall–Kier alpha value is -1.28. The summed E-state index contributed by atoms with van der Waals surface area (Å²) in [5.41, 5.74) is 1.06. The van der Waals surface area contributed by atoms with Crippen LogP contribution in [0.5, 0.6) is 0 Å². The molecule has 2 aliphatic rings. The first-order chi connectivity index (χ1) is 11.8. The number of hydrogen-bond donors (Lipinski definition) is 1. The lowest BCUT2D eigenvalue weighted by Gasteiger charge is -2.22. The number of Topliss-reactive ketones (excluding diaryl/α,β-unsaturated/α-hetero) is 1. The van der Waals surface area contributed by atoms with Gasteiger partial charge in [-0.25, -0.2) is 0 Å². The Bertz CT molecular complexity index is 674. The number of hydrogen-bond acceptors (Lipinski definition) is 6. The Labute approximate surface area is 151 Å². The zero-order valence-electron chi connectivity index (χ0n) is 14.1. The monoisotopic (exact) mass is 368 g/mol. The molecule has 0 aromatic heterocycles. The molecule has 6 nitrogen and oxygen atoms in total. The SMILES string of the molecule is C=CCOCc1cc(C(=O)C2O[C@H]3OC(C)(C)OC3[C@@H]2O)ccc1Cl. The maximum atomic E-state index is 12.7. The van der Waals surface area contributed by atoms with E-state index in [9.17, 15) is 9.90 Å². The Kier molecular flexibility index (Phi) is 5.29. The molecule has 2 fully saturated rings. The molecule has 7 heteroatoms. The fourth-order valence-corrected chi connectivity index (χ4v) is 3.14. The van der Waals surface area contributed by atoms with Crippen molar-refractivity contribution in [1.82, 2.24) is 0 Å². The van der Waals surface area contributed by atoms with Gasteiger partial charge in [-0.2, -0.15) is 0 Å². The molecule has 0 amide bonds. The third-order valence-electron chi connectivity index (χ3n) is 4.10. The number of halogens is 1. The molecular weight excluding hydrogens is 348 g/mol. The van der Waals surface area contributed by atoms with Crippen LogP contribution in [-0.4, -0.2) is 47.9 Å².